The third kappa shape index (κ3) is 2.34. The first-order valence-corrected chi connectivity index (χ1v) is 5.32. The molecule has 0 amide bonds. The molecule has 0 aliphatic rings. The number of hydrogen-bond acceptors (Lipinski definition) is 2. The summed E-state index contributed by atoms with van der Waals surface area (Å²) >= 11 is 5.99. The van der Waals surface area contributed by atoms with Gasteiger partial charge in [-0.05, 0) is 35.4 Å². The number of phenols is 1. The molecule has 0 aliphatic heterocycles. The molecule has 0 fully saturated rings. The Morgan fingerprint density at radius 2 is 1.76 bits per heavy atom. The lowest BCUT2D eigenvalue weighted by Gasteiger charge is -2.07. The first-order valence-electron chi connectivity index (χ1n) is 4.94. The minimum atomic E-state index is -0.645. The standard InChI is InChI=1S/C13H10ClFO2/c1-17-13-5-3-8(6-10(13)14)9-2-4-11(15)12(16)7-9/h2-7,16H,1H3. The van der Waals surface area contributed by atoms with E-state index in [1.54, 1.807) is 24.3 Å². The summed E-state index contributed by atoms with van der Waals surface area (Å²) in [6.07, 6.45) is 0. The van der Waals surface area contributed by atoms with Crippen molar-refractivity contribution in [2.45, 2.75) is 0 Å². The minimum Gasteiger partial charge on any atom is -0.505 e. The highest BCUT2D eigenvalue weighted by Crippen LogP contribution is 2.31. The van der Waals surface area contributed by atoms with Gasteiger partial charge in [-0.3, -0.25) is 0 Å². The molecule has 4 heteroatoms. The number of phenolic OH excluding ortho intramolecular Hbond substituents is 1. The van der Waals surface area contributed by atoms with Gasteiger partial charge in [-0.2, -0.15) is 0 Å². The van der Waals surface area contributed by atoms with E-state index < -0.39 is 5.82 Å². The lowest BCUT2D eigenvalue weighted by atomic mass is 10.1. The number of rotatable bonds is 2. The summed E-state index contributed by atoms with van der Waals surface area (Å²) in [7, 11) is 1.53. The van der Waals surface area contributed by atoms with Crippen molar-refractivity contribution in [2.75, 3.05) is 7.11 Å². The second-order valence-electron chi connectivity index (χ2n) is 3.52. The fourth-order valence-electron chi connectivity index (χ4n) is 1.54. The maximum atomic E-state index is 12.9. The molecule has 0 unspecified atom stereocenters. The van der Waals surface area contributed by atoms with Crippen LogP contribution in [0, 0.1) is 5.82 Å². The van der Waals surface area contributed by atoms with Gasteiger partial charge >= 0.3 is 0 Å². The Bertz CT molecular complexity index is 555. The molecule has 0 atom stereocenters. The van der Waals surface area contributed by atoms with E-state index in [1.807, 2.05) is 0 Å². The van der Waals surface area contributed by atoms with Crippen molar-refractivity contribution in [1.29, 1.82) is 0 Å². The first kappa shape index (κ1) is 11.7. The van der Waals surface area contributed by atoms with Crippen LogP contribution in [0.5, 0.6) is 11.5 Å². The van der Waals surface area contributed by atoms with Gasteiger partial charge in [-0.25, -0.2) is 4.39 Å². The molecular formula is C13H10ClFO2. The van der Waals surface area contributed by atoms with Gasteiger partial charge in [-0.15, -0.1) is 0 Å². The zero-order chi connectivity index (χ0) is 12.4. The van der Waals surface area contributed by atoms with Crippen molar-refractivity contribution in [3.8, 4) is 22.6 Å². The van der Waals surface area contributed by atoms with Gasteiger partial charge in [0.1, 0.15) is 5.75 Å². The van der Waals surface area contributed by atoms with E-state index >= 15 is 0 Å². The van der Waals surface area contributed by atoms with E-state index in [9.17, 15) is 9.50 Å². The molecular weight excluding hydrogens is 243 g/mol. The molecule has 0 heterocycles. The Labute approximate surface area is 103 Å². The zero-order valence-electron chi connectivity index (χ0n) is 9.08. The number of ether oxygens (including phenoxy) is 1. The van der Waals surface area contributed by atoms with Crippen molar-refractivity contribution >= 4 is 11.6 Å². The Morgan fingerprint density at radius 1 is 1.12 bits per heavy atom. The summed E-state index contributed by atoms with van der Waals surface area (Å²) in [5, 5.41) is 9.77. The lowest BCUT2D eigenvalue weighted by Crippen LogP contribution is -1.85. The van der Waals surface area contributed by atoms with Crippen LogP contribution in [0.15, 0.2) is 36.4 Å². The van der Waals surface area contributed by atoms with Crippen molar-refractivity contribution in [1.82, 2.24) is 0 Å². The van der Waals surface area contributed by atoms with E-state index in [0.717, 1.165) is 5.56 Å². The average Bonchev–Trinajstić information content (AvgIpc) is 2.32. The summed E-state index contributed by atoms with van der Waals surface area (Å²) in [5.41, 5.74) is 1.47. The van der Waals surface area contributed by atoms with Gasteiger partial charge in [0.25, 0.3) is 0 Å². The molecule has 88 valence electrons. The Kier molecular flexibility index (Phi) is 3.20. The molecule has 0 aromatic heterocycles. The predicted molar refractivity (Wildman–Crippen MR) is 65.1 cm³/mol. The molecule has 0 saturated heterocycles. The SMILES string of the molecule is COc1ccc(-c2ccc(F)c(O)c2)cc1Cl. The maximum Gasteiger partial charge on any atom is 0.164 e. The molecule has 2 aromatic carbocycles. The number of benzene rings is 2. The highest BCUT2D eigenvalue weighted by Gasteiger charge is 2.06. The molecule has 0 aliphatic carbocycles. The highest BCUT2D eigenvalue weighted by molar-refractivity contribution is 6.32. The number of aromatic hydroxyl groups is 1. The van der Waals surface area contributed by atoms with Crippen molar-refractivity contribution in [3.05, 3.63) is 47.2 Å². The van der Waals surface area contributed by atoms with Crippen LogP contribution in [-0.2, 0) is 0 Å². The van der Waals surface area contributed by atoms with Crippen LogP contribution in [0.4, 0.5) is 4.39 Å². The third-order valence-corrected chi connectivity index (χ3v) is 2.73. The second-order valence-corrected chi connectivity index (χ2v) is 3.92. The third-order valence-electron chi connectivity index (χ3n) is 2.43. The van der Waals surface area contributed by atoms with Gasteiger partial charge < -0.3 is 9.84 Å². The lowest BCUT2D eigenvalue weighted by molar-refractivity contribution is 0.415. The molecule has 2 aromatic rings. The summed E-state index contributed by atoms with van der Waals surface area (Å²) in [4.78, 5) is 0. The largest absolute Gasteiger partial charge is 0.505 e. The van der Waals surface area contributed by atoms with Crippen LogP contribution in [0.25, 0.3) is 11.1 Å². The van der Waals surface area contributed by atoms with E-state index in [4.69, 9.17) is 16.3 Å². The number of hydrogen-bond donors (Lipinski definition) is 1. The van der Waals surface area contributed by atoms with Gasteiger partial charge in [0, 0.05) is 0 Å². The van der Waals surface area contributed by atoms with Crippen LogP contribution in [0.1, 0.15) is 0 Å². The molecule has 0 spiro atoms. The zero-order valence-corrected chi connectivity index (χ0v) is 9.83. The smallest absolute Gasteiger partial charge is 0.164 e. The van der Waals surface area contributed by atoms with Gasteiger partial charge in [0.15, 0.2) is 11.6 Å². The fraction of sp³-hybridized carbons (Fsp3) is 0.0769. The molecule has 0 bridgehead atoms. The fourth-order valence-corrected chi connectivity index (χ4v) is 1.80. The molecule has 2 rings (SSSR count). The highest BCUT2D eigenvalue weighted by atomic mass is 35.5. The van der Waals surface area contributed by atoms with Crippen molar-refractivity contribution in [3.63, 3.8) is 0 Å². The molecule has 17 heavy (non-hydrogen) atoms. The average molecular weight is 253 g/mol. The molecule has 0 saturated carbocycles. The predicted octanol–water partition coefficient (Wildman–Crippen LogP) is 3.86. The molecule has 1 N–H and O–H groups in total. The van der Waals surface area contributed by atoms with Crippen LogP contribution < -0.4 is 4.74 Å². The Hall–Kier alpha value is -1.74. The summed E-state index contributed by atoms with van der Waals surface area (Å²) in [6, 6.07) is 9.35. The van der Waals surface area contributed by atoms with Gasteiger partial charge in [0.05, 0.1) is 12.1 Å². The number of halogens is 2. The Balaban J connectivity index is 2.46. The van der Waals surface area contributed by atoms with E-state index in [0.29, 0.717) is 16.3 Å². The topological polar surface area (TPSA) is 29.5 Å². The molecule has 2 nitrogen and oxygen atoms in total. The molecule has 0 radical (unpaired) electrons. The maximum absolute atomic E-state index is 12.9. The number of methoxy groups -OCH3 is 1. The van der Waals surface area contributed by atoms with Crippen LogP contribution in [0.2, 0.25) is 5.02 Å². The van der Waals surface area contributed by atoms with Gasteiger partial charge in [-0.1, -0.05) is 23.7 Å². The summed E-state index contributed by atoms with van der Waals surface area (Å²) in [6.45, 7) is 0. The van der Waals surface area contributed by atoms with Crippen molar-refractivity contribution in [2.24, 2.45) is 0 Å². The van der Waals surface area contributed by atoms with Crippen molar-refractivity contribution < 1.29 is 14.2 Å². The van der Waals surface area contributed by atoms with Gasteiger partial charge in [0.2, 0.25) is 0 Å². The van der Waals surface area contributed by atoms with Crippen LogP contribution >= 0.6 is 11.6 Å². The van der Waals surface area contributed by atoms with E-state index in [2.05, 4.69) is 0 Å². The van der Waals surface area contributed by atoms with E-state index in [-0.39, 0.29) is 5.75 Å². The Morgan fingerprint density at radius 3 is 2.35 bits per heavy atom. The first-order chi connectivity index (χ1) is 8.11. The quantitative estimate of drug-likeness (QED) is 0.879. The van der Waals surface area contributed by atoms with E-state index in [1.165, 1.54) is 19.2 Å². The van der Waals surface area contributed by atoms with Crippen LogP contribution in [-0.4, -0.2) is 12.2 Å². The monoisotopic (exact) mass is 252 g/mol. The summed E-state index contributed by atoms with van der Waals surface area (Å²) < 4.78 is 18.0. The summed E-state index contributed by atoms with van der Waals surface area (Å²) in [5.74, 6) is -0.454. The second kappa shape index (κ2) is 4.63. The normalized spacial score (nSPS) is 10.3. The van der Waals surface area contributed by atoms with Crippen LogP contribution in [0.3, 0.4) is 0 Å². The minimum absolute atomic E-state index is 0.380.